The van der Waals surface area contributed by atoms with Crippen LogP contribution in [0.15, 0.2) is 0 Å². The molecule has 7 N–H and O–H groups in total. The Morgan fingerprint density at radius 1 is 0.506 bits per heavy atom. The SMILES string of the molecule is CC[C@@H]1NC(=O)[C@H]([C@H](O)[C@H](C)CCO)N(C)C(=O)[C@H](C(C)C)N(C)C(=O)[C@H](CC(C)C)N(C)C(=O)[C@H](CC(C)C)N(C)C(=O)[C@@H](COCC(=O)O)NC(=O)[C@H](C)NC(=O)[C@H](CC(C)C)N(C)C(=O)[C@H](C(C)C)NC(=O)[C@H](CC(C)C)N(C)C(=O)CN(C)C1=O. The van der Waals surface area contributed by atoms with Crippen LogP contribution in [0.1, 0.15) is 142 Å². The van der Waals surface area contributed by atoms with Crippen molar-refractivity contribution in [1.82, 2.24) is 55.6 Å². The number of carboxylic acid groups (broad SMARTS) is 1. The minimum absolute atomic E-state index is 0.00509. The van der Waals surface area contributed by atoms with E-state index in [1.54, 1.807) is 55.4 Å². The number of carbonyl (C=O) groups is 12. The minimum atomic E-state index is -1.73. The van der Waals surface area contributed by atoms with Gasteiger partial charge >= 0.3 is 5.97 Å². The molecule has 1 aliphatic rings. The van der Waals surface area contributed by atoms with E-state index in [4.69, 9.17) is 4.74 Å². The van der Waals surface area contributed by atoms with Crippen molar-refractivity contribution in [3.8, 4) is 0 Å². The fourth-order valence-corrected chi connectivity index (χ4v) is 10.8. The molecule has 0 aliphatic carbocycles. The van der Waals surface area contributed by atoms with Crippen molar-refractivity contribution in [1.29, 1.82) is 0 Å². The number of hydrogen-bond donors (Lipinski definition) is 7. The van der Waals surface area contributed by atoms with Crippen LogP contribution in [0.4, 0.5) is 0 Å². The highest BCUT2D eigenvalue weighted by Gasteiger charge is 2.46. The normalized spacial score (nSPS) is 26.1. The summed E-state index contributed by atoms with van der Waals surface area (Å²) in [7, 11) is 9.42. The Balaban J connectivity index is 4.44. The molecule has 89 heavy (non-hydrogen) atoms. The number of aliphatic carboxylic acids is 1. The molecule has 1 saturated heterocycles. The smallest absolute Gasteiger partial charge is 0.329 e. The van der Waals surface area contributed by atoms with Crippen molar-refractivity contribution in [3.63, 3.8) is 0 Å². The molecule has 0 spiro atoms. The molecule has 0 unspecified atom stereocenters. The summed E-state index contributed by atoms with van der Waals surface area (Å²) in [4.78, 5) is 181. The second-order valence-electron chi connectivity index (χ2n) is 26.5. The molecule has 1 rings (SSSR count). The van der Waals surface area contributed by atoms with Gasteiger partial charge in [0.1, 0.15) is 67.0 Å². The van der Waals surface area contributed by atoms with E-state index in [1.165, 1.54) is 71.0 Å². The van der Waals surface area contributed by atoms with Crippen LogP contribution in [0.5, 0.6) is 0 Å². The predicted molar refractivity (Wildman–Crippen MR) is 333 cm³/mol. The van der Waals surface area contributed by atoms with Gasteiger partial charge in [0.05, 0.1) is 19.3 Å². The molecule has 11 amide bonds. The van der Waals surface area contributed by atoms with E-state index in [9.17, 15) is 58.5 Å². The summed E-state index contributed by atoms with van der Waals surface area (Å²) in [6.07, 6.45) is -1.42. The van der Waals surface area contributed by atoms with Crippen LogP contribution in [0.25, 0.3) is 0 Å². The molecule has 1 aliphatic heterocycles. The fourth-order valence-electron chi connectivity index (χ4n) is 10.8. The minimum Gasteiger partial charge on any atom is -0.480 e. The molecule has 12 atom stereocenters. The molecule has 27 heteroatoms. The predicted octanol–water partition coefficient (Wildman–Crippen LogP) is 0.766. The van der Waals surface area contributed by atoms with Crippen LogP contribution in [-0.4, -0.2) is 263 Å². The van der Waals surface area contributed by atoms with Crippen molar-refractivity contribution in [3.05, 3.63) is 0 Å². The highest BCUT2D eigenvalue weighted by atomic mass is 16.5. The van der Waals surface area contributed by atoms with E-state index in [2.05, 4.69) is 21.3 Å². The molecule has 1 heterocycles. The summed E-state index contributed by atoms with van der Waals surface area (Å²) < 4.78 is 5.37. The van der Waals surface area contributed by atoms with Crippen molar-refractivity contribution < 1.29 is 77.6 Å². The molecular formula is C62H111N11O16. The van der Waals surface area contributed by atoms with Gasteiger partial charge in [0, 0.05) is 55.9 Å². The number of carbonyl (C=O) groups excluding carboxylic acids is 11. The van der Waals surface area contributed by atoms with Crippen molar-refractivity contribution in [2.24, 2.45) is 41.4 Å². The van der Waals surface area contributed by atoms with Crippen molar-refractivity contribution in [2.45, 2.75) is 209 Å². The second-order valence-corrected chi connectivity index (χ2v) is 26.5. The number of amides is 11. The number of hydrogen-bond acceptors (Lipinski definition) is 15. The lowest BCUT2D eigenvalue weighted by molar-refractivity contribution is -0.158. The van der Waals surface area contributed by atoms with E-state index < -0.39 is 182 Å². The van der Waals surface area contributed by atoms with Crippen LogP contribution in [0.3, 0.4) is 0 Å². The third kappa shape index (κ3) is 23.4. The van der Waals surface area contributed by atoms with Crippen LogP contribution in [-0.2, 0) is 62.3 Å². The van der Waals surface area contributed by atoms with Crippen LogP contribution >= 0.6 is 0 Å². The number of nitrogens with one attached hydrogen (secondary N) is 4. The first-order chi connectivity index (χ1) is 41.1. The Morgan fingerprint density at radius 3 is 1.38 bits per heavy atom. The topological polar surface area (TPSA) is 346 Å². The lowest BCUT2D eigenvalue weighted by Crippen LogP contribution is -2.63. The maximum Gasteiger partial charge on any atom is 0.329 e. The van der Waals surface area contributed by atoms with Gasteiger partial charge in [-0.2, -0.15) is 0 Å². The second kappa shape index (κ2) is 37.0. The number of aliphatic hydroxyl groups excluding tert-OH is 2. The summed E-state index contributed by atoms with van der Waals surface area (Å²) >= 11 is 0. The van der Waals surface area contributed by atoms with E-state index in [0.717, 1.165) is 19.6 Å². The first-order valence-corrected chi connectivity index (χ1v) is 31.2. The maximum atomic E-state index is 15.2. The van der Waals surface area contributed by atoms with Gasteiger partial charge in [0.15, 0.2) is 0 Å². The number of likely N-dealkylation sites (N-methyl/N-ethyl adjacent to an activating group) is 7. The molecule has 0 aromatic heterocycles. The lowest BCUT2D eigenvalue weighted by atomic mass is 9.91. The first kappa shape index (κ1) is 80.5. The number of nitrogens with zero attached hydrogens (tertiary/aromatic N) is 7. The average Bonchev–Trinajstić information content (AvgIpc) is 0.946. The Bertz CT molecular complexity index is 2420. The highest BCUT2D eigenvalue weighted by Crippen LogP contribution is 2.25. The molecule has 0 radical (unpaired) electrons. The molecule has 0 bridgehead atoms. The molecule has 510 valence electrons. The Morgan fingerprint density at radius 2 is 0.933 bits per heavy atom. The number of ether oxygens (including phenoxy) is 1. The monoisotopic (exact) mass is 1270 g/mol. The summed E-state index contributed by atoms with van der Waals surface area (Å²) in [5.41, 5.74) is 0. The van der Waals surface area contributed by atoms with Crippen LogP contribution < -0.4 is 21.3 Å². The van der Waals surface area contributed by atoms with Crippen LogP contribution in [0.2, 0.25) is 0 Å². The Labute approximate surface area is 528 Å². The van der Waals surface area contributed by atoms with Gasteiger partial charge in [0.25, 0.3) is 0 Å². The fraction of sp³-hybridized carbons (Fsp3) is 0.806. The van der Waals surface area contributed by atoms with Crippen molar-refractivity contribution >= 4 is 70.9 Å². The first-order valence-electron chi connectivity index (χ1n) is 31.2. The lowest BCUT2D eigenvalue weighted by Gasteiger charge is -2.41. The van der Waals surface area contributed by atoms with E-state index in [1.807, 2.05) is 41.5 Å². The summed E-state index contributed by atoms with van der Waals surface area (Å²) in [6, 6.07) is -13.7. The molecule has 0 saturated carbocycles. The van der Waals surface area contributed by atoms with Gasteiger partial charge in [-0.05, 0) is 86.9 Å². The number of rotatable bonds is 19. The van der Waals surface area contributed by atoms with E-state index >= 15 is 14.4 Å². The molecule has 1 fully saturated rings. The van der Waals surface area contributed by atoms with Gasteiger partial charge in [0.2, 0.25) is 65.0 Å². The quantitative estimate of drug-likeness (QED) is 0.0939. The molecule has 0 aromatic rings. The third-order valence-corrected chi connectivity index (χ3v) is 16.3. The van der Waals surface area contributed by atoms with E-state index in [0.29, 0.717) is 0 Å². The molecule has 27 nitrogen and oxygen atoms in total. The molecular weight excluding hydrogens is 1150 g/mol. The van der Waals surface area contributed by atoms with Gasteiger partial charge in [-0.1, -0.05) is 96.9 Å². The zero-order valence-electron chi connectivity index (χ0n) is 57.2. The molecule has 0 aromatic carbocycles. The summed E-state index contributed by atoms with van der Waals surface area (Å²) in [5.74, 6) is -13.0. The third-order valence-electron chi connectivity index (χ3n) is 16.3. The number of carboxylic acids is 1. The maximum absolute atomic E-state index is 15.2. The van der Waals surface area contributed by atoms with E-state index in [-0.39, 0.29) is 62.2 Å². The summed E-state index contributed by atoms with van der Waals surface area (Å²) in [6.45, 7) is 23.1. The van der Waals surface area contributed by atoms with Gasteiger partial charge in [-0.15, -0.1) is 0 Å². The van der Waals surface area contributed by atoms with Gasteiger partial charge in [-0.3, -0.25) is 52.7 Å². The Kier molecular flexibility index (Phi) is 33.5. The largest absolute Gasteiger partial charge is 0.480 e. The standard InChI is InChI=1S/C62H111N11O16/c1-23-41-57(83)67(16)30-47(75)68(17)43(26-33(2)3)55(81)66-49(37(10)11)61(87)69(18)44(27-34(4)5)54(80)63-40(15)53(79)65-42(31-89-32-48(76)77)58(84)70(19)45(28-35(6)7)59(85)71(20)46(29-36(8)9)60(86)72(21)50(38(12)13)62(88)73(22)51(56(82)64-41)52(78)39(14)24-25-74/h33-46,49-52,74,78H,23-32H2,1-22H3,(H,63,80)(H,64,82)(H,65,79)(H,66,81)(H,76,77)/t39-,40+,41+,42-,43+,44+,45+,46+,49+,50+,51+,52-/m1/s1. The van der Waals surface area contributed by atoms with Gasteiger partial charge in [-0.25, -0.2) is 4.79 Å². The van der Waals surface area contributed by atoms with Crippen molar-refractivity contribution in [2.75, 3.05) is 75.7 Å². The summed E-state index contributed by atoms with van der Waals surface area (Å²) in [5, 5.41) is 42.1. The van der Waals surface area contributed by atoms with Crippen LogP contribution in [0, 0.1) is 41.4 Å². The average molecular weight is 1270 g/mol. The zero-order valence-corrected chi connectivity index (χ0v) is 57.2. The number of aliphatic hydroxyl groups is 2. The highest BCUT2D eigenvalue weighted by molar-refractivity contribution is 5.99. The zero-order chi connectivity index (χ0) is 69.0. The van der Waals surface area contributed by atoms with Gasteiger partial charge < -0.3 is 75.6 Å². The Hall–Kier alpha value is -6.48.